The number of carbonyl (C=O) groups excluding carboxylic acids is 2. The van der Waals surface area contributed by atoms with Crippen molar-refractivity contribution in [1.82, 2.24) is 4.90 Å². The first kappa shape index (κ1) is 21.0. The minimum Gasteiger partial charge on any atom is -0.493 e. The van der Waals surface area contributed by atoms with Gasteiger partial charge in [-0.15, -0.1) is 0 Å². The molecule has 2 aliphatic rings. The van der Waals surface area contributed by atoms with Crippen molar-refractivity contribution in [1.29, 1.82) is 0 Å². The number of allylic oxidation sites excluding steroid dienone is 2. The van der Waals surface area contributed by atoms with Gasteiger partial charge in [-0.2, -0.15) is 0 Å². The Bertz CT molecular complexity index is 973. The quantitative estimate of drug-likeness (QED) is 0.720. The molecule has 1 aliphatic carbocycles. The molecule has 6 heteroatoms. The van der Waals surface area contributed by atoms with Gasteiger partial charge < -0.3 is 19.7 Å². The molecule has 0 bridgehead atoms. The van der Waals surface area contributed by atoms with E-state index in [1.54, 1.807) is 14.2 Å². The predicted molar refractivity (Wildman–Crippen MR) is 119 cm³/mol. The molecule has 6 nitrogen and oxygen atoms in total. The summed E-state index contributed by atoms with van der Waals surface area (Å²) in [6, 6.07) is 15.1. The second kappa shape index (κ2) is 9.25. The number of hydrogen-bond acceptors (Lipinski definition) is 4. The van der Waals surface area contributed by atoms with Gasteiger partial charge in [0.05, 0.1) is 26.1 Å². The molecule has 2 aromatic rings. The number of para-hydroxylation sites is 1. The van der Waals surface area contributed by atoms with Gasteiger partial charge in [-0.1, -0.05) is 36.4 Å². The van der Waals surface area contributed by atoms with Crippen LogP contribution in [0.2, 0.25) is 0 Å². The normalized spacial score (nSPS) is 22.6. The van der Waals surface area contributed by atoms with Crippen LogP contribution in [0, 0.1) is 17.8 Å². The molecule has 31 heavy (non-hydrogen) atoms. The highest BCUT2D eigenvalue weighted by Crippen LogP contribution is 2.38. The molecule has 0 spiro atoms. The van der Waals surface area contributed by atoms with Crippen LogP contribution in [0.25, 0.3) is 0 Å². The topological polar surface area (TPSA) is 67.9 Å². The Morgan fingerprint density at radius 1 is 1.10 bits per heavy atom. The van der Waals surface area contributed by atoms with E-state index in [0.717, 1.165) is 17.7 Å². The maximum atomic E-state index is 13.5. The summed E-state index contributed by atoms with van der Waals surface area (Å²) in [5.74, 6) is 0.665. The molecular formula is C25H28N2O4. The number of likely N-dealkylation sites (tertiary alicyclic amines) is 1. The number of ether oxygens (including phenoxy) is 2. The van der Waals surface area contributed by atoms with Crippen LogP contribution in [-0.2, 0) is 16.1 Å². The molecule has 1 saturated heterocycles. The van der Waals surface area contributed by atoms with Crippen molar-refractivity contribution in [3.8, 4) is 11.5 Å². The third-order valence-electron chi connectivity index (χ3n) is 6.20. The second-order valence-corrected chi connectivity index (χ2v) is 8.05. The first-order valence-electron chi connectivity index (χ1n) is 10.6. The minimum absolute atomic E-state index is 0.0450. The van der Waals surface area contributed by atoms with Crippen LogP contribution in [0.5, 0.6) is 11.5 Å². The first-order valence-corrected chi connectivity index (χ1v) is 10.6. The summed E-state index contributed by atoms with van der Waals surface area (Å²) in [6.07, 6.45) is 5.60. The second-order valence-electron chi connectivity index (χ2n) is 8.05. The number of rotatable bonds is 6. The summed E-state index contributed by atoms with van der Waals surface area (Å²) >= 11 is 0. The summed E-state index contributed by atoms with van der Waals surface area (Å²) in [7, 11) is 3.20. The fraction of sp³-hybridized carbons (Fsp3) is 0.360. The summed E-state index contributed by atoms with van der Waals surface area (Å²) in [5.41, 5.74) is 1.73. The Labute approximate surface area is 182 Å². The fourth-order valence-corrected chi connectivity index (χ4v) is 4.60. The SMILES string of the molecule is COc1ccc(CN2CC[C@H]3C=CC[C@@H](C(=O)Nc4ccccc4)[C@H]3C2=O)cc1OC. The summed E-state index contributed by atoms with van der Waals surface area (Å²) in [4.78, 5) is 28.4. The molecule has 1 N–H and O–H groups in total. The summed E-state index contributed by atoms with van der Waals surface area (Å²) < 4.78 is 10.7. The average Bonchev–Trinajstić information content (AvgIpc) is 2.81. The standard InChI is InChI=1S/C25H28N2O4/c1-30-21-12-11-17(15-22(21)31-2)16-27-14-13-18-7-6-10-20(23(18)25(27)29)24(28)26-19-8-4-3-5-9-19/h3-9,11-12,15,18,20,23H,10,13-14,16H2,1-2H3,(H,26,28)/t18-,20-,23+/m1/s1. The van der Waals surface area contributed by atoms with Crippen molar-refractivity contribution in [2.45, 2.75) is 19.4 Å². The van der Waals surface area contributed by atoms with E-state index in [0.29, 0.717) is 31.0 Å². The van der Waals surface area contributed by atoms with Crippen LogP contribution >= 0.6 is 0 Å². The molecule has 2 amide bonds. The van der Waals surface area contributed by atoms with Crippen molar-refractivity contribution in [2.24, 2.45) is 17.8 Å². The van der Waals surface area contributed by atoms with E-state index in [1.807, 2.05) is 59.5 Å². The maximum absolute atomic E-state index is 13.5. The zero-order valence-corrected chi connectivity index (χ0v) is 17.9. The van der Waals surface area contributed by atoms with Crippen LogP contribution < -0.4 is 14.8 Å². The molecule has 1 heterocycles. The number of nitrogens with one attached hydrogen (secondary N) is 1. The molecule has 0 unspecified atom stereocenters. The number of piperidine rings is 1. The Morgan fingerprint density at radius 3 is 2.61 bits per heavy atom. The molecule has 4 rings (SSSR count). The summed E-state index contributed by atoms with van der Waals surface area (Å²) in [5, 5.41) is 2.98. The largest absolute Gasteiger partial charge is 0.493 e. The van der Waals surface area contributed by atoms with E-state index in [1.165, 1.54) is 0 Å². The number of benzene rings is 2. The molecule has 2 aromatic carbocycles. The lowest BCUT2D eigenvalue weighted by atomic mass is 9.71. The van der Waals surface area contributed by atoms with E-state index >= 15 is 0 Å². The highest BCUT2D eigenvalue weighted by molar-refractivity contribution is 5.96. The number of fused-ring (bicyclic) bond motifs is 1. The van der Waals surface area contributed by atoms with Crippen LogP contribution in [0.4, 0.5) is 5.69 Å². The first-order chi connectivity index (χ1) is 15.1. The Balaban J connectivity index is 1.51. The van der Waals surface area contributed by atoms with Crippen molar-refractivity contribution in [2.75, 3.05) is 26.1 Å². The van der Waals surface area contributed by atoms with E-state index in [-0.39, 0.29) is 29.6 Å². The minimum atomic E-state index is -0.365. The molecule has 1 fully saturated rings. The van der Waals surface area contributed by atoms with Gasteiger partial charge in [-0.05, 0) is 48.6 Å². The summed E-state index contributed by atoms with van der Waals surface area (Å²) in [6.45, 7) is 1.16. The zero-order chi connectivity index (χ0) is 21.8. The van der Waals surface area contributed by atoms with Gasteiger partial charge in [-0.25, -0.2) is 0 Å². The van der Waals surface area contributed by atoms with Crippen molar-refractivity contribution >= 4 is 17.5 Å². The number of anilines is 1. The predicted octanol–water partition coefficient (Wildman–Crippen LogP) is 3.88. The third-order valence-corrected chi connectivity index (χ3v) is 6.20. The van der Waals surface area contributed by atoms with Crippen LogP contribution in [0.1, 0.15) is 18.4 Å². The number of nitrogens with zero attached hydrogens (tertiary/aromatic N) is 1. The van der Waals surface area contributed by atoms with Crippen LogP contribution in [0.3, 0.4) is 0 Å². The van der Waals surface area contributed by atoms with Gasteiger partial charge in [0, 0.05) is 18.8 Å². The lowest BCUT2D eigenvalue weighted by Crippen LogP contribution is -2.50. The fourth-order valence-electron chi connectivity index (χ4n) is 4.60. The molecular weight excluding hydrogens is 392 g/mol. The number of methoxy groups -OCH3 is 2. The molecule has 0 saturated carbocycles. The number of hydrogen-bond donors (Lipinski definition) is 1. The van der Waals surface area contributed by atoms with Crippen molar-refractivity contribution < 1.29 is 19.1 Å². The van der Waals surface area contributed by atoms with Gasteiger partial charge in [0.1, 0.15) is 0 Å². The van der Waals surface area contributed by atoms with Crippen LogP contribution in [0.15, 0.2) is 60.7 Å². The monoisotopic (exact) mass is 420 g/mol. The highest BCUT2D eigenvalue weighted by atomic mass is 16.5. The molecule has 0 radical (unpaired) electrons. The van der Waals surface area contributed by atoms with E-state index in [9.17, 15) is 9.59 Å². The molecule has 3 atom stereocenters. The van der Waals surface area contributed by atoms with Crippen molar-refractivity contribution in [3.63, 3.8) is 0 Å². The maximum Gasteiger partial charge on any atom is 0.228 e. The van der Waals surface area contributed by atoms with Gasteiger partial charge >= 0.3 is 0 Å². The number of carbonyl (C=O) groups is 2. The average molecular weight is 421 g/mol. The lowest BCUT2D eigenvalue weighted by Gasteiger charge is -2.41. The van der Waals surface area contributed by atoms with Gasteiger partial charge in [0.15, 0.2) is 11.5 Å². The third kappa shape index (κ3) is 4.43. The molecule has 1 aliphatic heterocycles. The Hall–Kier alpha value is -3.28. The molecule has 0 aromatic heterocycles. The van der Waals surface area contributed by atoms with Crippen LogP contribution in [-0.4, -0.2) is 37.5 Å². The van der Waals surface area contributed by atoms with E-state index in [2.05, 4.69) is 11.4 Å². The van der Waals surface area contributed by atoms with Gasteiger partial charge in [0.25, 0.3) is 0 Å². The lowest BCUT2D eigenvalue weighted by molar-refractivity contribution is -0.147. The number of amides is 2. The Morgan fingerprint density at radius 2 is 1.87 bits per heavy atom. The van der Waals surface area contributed by atoms with E-state index in [4.69, 9.17) is 9.47 Å². The van der Waals surface area contributed by atoms with Gasteiger partial charge in [0.2, 0.25) is 11.8 Å². The highest BCUT2D eigenvalue weighted by Gasteiger charge is 2.44. The Kier molecular flexibility index (Phi) is 6.26. The zero-order valence-electron chi connectivity index (χ0n) is 17.9. The van der Waals surface area contributed by atoms with Crippen molar-refractivity contribution in [3.05, 3.63) is 66.2 Å². The smallest absolute Gasteiger partial charge is 0.228 e. The molecule has 162 valence electrons. The van der Waals surface area contributed by atoms with Gasteiger partial charge in [-0.3, -0.25) is 9.59 Å². The van der Waals surface area contributed by atoms with E-state index < -0.39 is 0 Å².